The van der Waals surface area contributed by atoms with Gasteiger partial charge >= 0.3 is 5.97 Å². The lowest BCUT2D eigenvalue weighted by molar-refractivity contribution is -0.136. The minimum atomic E-state index is -0.350. The third-order valence-corrected chi connectivity index (χ3v) is 2.24. The minimum absolute atomic E-state index is 0.350. The molecule has 3 nitrogen and oxygen atoms in total. The molecule has 0 aromatic carbocycles. The van der Waals surface area contributed by atoms with Crippen LogP contribution in [0.25, 0.3) is 0 Å². The van der Waals surface area contributed by atoms with Gasteiger partial charge in [-0.1, -0.05) is 6.58 Å². The monoisotopic (exact) mass is 193 g/mol. The van der Waals surface area contributed by atoms with E-state index in [1.54, 1.807) is 0 Å². The smallest absolute Gasteiger partial charge is 0.334 e. The fraction of sp³-hybridized carbons (Fsp3) is 0.364. The first-order valence-electron chi connectivity index (χ1n) is 4.45. The molecule has 1 rings (SSSR count). The Morgan fingerprint density at radius 3 is 2.36 bits per heavy atom. The lowest BCUT2D eigenvalue weighted by Crippen LogP contribution is -2.12. The van der Waals surface area contributed by atoms with E-state index in [4.69, 9.17) is 0 Å². The van der Waals surface area contributed by atoms with Crippen LogP contribution in [0.15, 0.2) is 24.3 Å². The average molecular weight is 193 g/mol. The number of methoxy groups -OCH3 is 1. The van der Waals surface area contributed by atoms with Crippen molar-refractivity contribution in [2.24, 2.45) is 0 Å². The maximum atomic E-state index is 11.1. The Kier molecular flexibility index (Phi) is 3.12. The highest BCUT2D eigenvalue weighted by Crippen LogP contribution is 2.10. The highest BCUT2D eigenvalue weighted by Gasteiger charge is 2.09. The van der Waals surface area contributed by atoms with E-state index in [0.717, 1.165) is 11.4 Å². The van der Waals surface area contributed by atoms with Crippen LogP contribution in [0.4, 0.5) is 0 Å². The van der Waals surface area contributed by atoms with Crippen molar-refractivity contribution >= 4 is 5.97 Å². The Bertz CT molecular complexity index is 344. The number of rotatable bonds is 3. The molecule has 1 aromatic heterocycles. The van der Waals surface area contributed by atoms with Gasteiger partial charge in [0.05, 0.1) is 13.7 Å². The Morgan fingerprint density at radius 1 is 1.43 bits per heavy atom. The van der Waals surface area contributed by atoms with E-state index in [1.165, 1.54) is 7.11 Å². The van der Waals surface area contributed by atoms with Crippen molar-refractivity contribution in [3.05, 3.63) is 35.7 Å². The Hall–Kier alpha value is -1.51. The van der Waals surface area contributed by atoms with Crippen LogP contribution in [-0.4, -0.2) is 17.6 Å². The number of aromatic nitrogens is 1. The molecule has 0 bridgehead atoms. The van der Waals surface area contributed by atoms with Gasteiger partial charge in [0, 0.05) is 17.0 Å². The van der Waals surface area contributed by atoms with Gasteiger partial charge in [-0.25, -0.2) is 4.79 Å². The largest absolute Gasteiger partial charge is 0.466 e. The third-order valence-electron chi connectivity index (χ3n) is 2.24. The molecule has 0 aliphatic heterocycles. The summed E-state index contributed by atoms with van der Waals surface area (Å²) in [6.07, 6.45) is 0. The van der Waals surface area contributed by atoms with E-state index < -0.39 is 0 Å². The van der Waals surface area contributed by atoms with Crippen LogP contribution in [0.1, 0.15) is 11.4 Å². The van der Waals surface area contributed by atoms with Crippen LogP contribution < -0.4 is 0 Å². The molecule has 0 amide bonds. The number of carbonyl (C=O) groups excluding carboxylic acids is 1. The third kappa shape index (κ3) is 2.05. The van der Waals surface area contributed by atoms with Crippen LogP contribution in [0.3, 0.4) is 0 Å². The molecule has 0 saturated heterocycles. The first-order chi connectivity index (χ1) is 6.56. The molecule has 14 heavy (non-hydrogen) atoms. The Morgan fingerprint density at radius 2 is 1.93 bits per heavy atom. The molecule has 3 heteroatoms. The second kappa shape index (κ2) is 4.13. The number of carbonyl (C=O) groups is 1. The number of ether oxygens (including phenoxy) is 1. The van der Waals surface area contributed by atoms with Crippen LogP contribution in [-0.2, 0) is 16.1 Å². The molecule has 0 fully saturated rings. The predicted octanol–water partition coefficient (Wildman–Crippen LogP) is 1.83. The number of esters is 1. The van der Waals surface area contributed by atoms with Gasteiger partial charge in [-0.3, -0.25) is 0 Å². The van der Waals surface area contributed by atoms with Gasteiger partial charge in [0.1, 0.15) is 0 Å². The minimum Gasteiger partial charge on any atom is -0.466 e. The maximum Gasteiger partial charge on any atom is 0.334 e. The van der Waals surface area contributed by atoms with Crippen LogP contribution in [0, 0.1) is 13.8 Å². The van der Waals surface area contributed by atoms with Crippen molar-refractivity contribution in [3.8, 4) is 0 Å². The van der Waals surface area contributed by atoms with Crippen molar-refractivity contribution in [1.82, 2.24) is 4.57 Å². The molecular formula is C11H15NO2. The molecule has 1 heterocycles. The summed E-state index contributed by atoms with van der Waals surface area (Å²) in [7, 11) is 1.36. The fourth-order valence-electron chi connectivity index (χ4n) is 1.35. The molecule has 76 valence electrons. The van der Waals surface area contributed by atoms with Crippen molar-refractivity contribution < 1.29 is 9.53 Å². The van der Waals surface area contributed by atoms with Gasteiger partial charge in [-0.2, -0.15) is 0 Å². The molecule has 0 radical (unpaired) electrons. The van der Waals surface area contributed by atoms with E-state index in [-0.39, 0.29) is 5.97 Å². The molecule has 0 spiro atoms. The quantitative estimate of drug-likeness (QED) is 0.541. The number of aryl methyl sites for hydroxylation is 2. The lowest BCUT2D eigenvalue weighted by Gasteiger charge is -2.09. The lowest BCUT2D eigenvalue weighted by atomic mass is 10.3. The first-order valence-corrected chi connectivity index (χ1v) is 4.45. The van der Waals surface area contributed by atoms with E-state index in [2.05, 4.69) is 11.3 Å². The van der Waals surface area contributed by atoms with Crippen molar-refractivity contribution in [3.63, 3.8) is 0 Å². The van der Waals surface area contributed by atoms with Gasteiger partial charge in [0.15, 0.2) is 0 Å². The van der Waals surface area contributed by atoms with E-state index >= 15 is 0 Å². The number of hydrogen-bond donors (Lipinski definition) is 0. The van der Waals surface area contributed by atoms with Crippen molar-refractivity contribution in [1.29, 1.82) is 0 Å². The summed E-state index contributed by atoms with van der Waals surface area (Å²) in [5, 5.41) is 0. The summed E-state index contributed by atoms with van der Waals surface area (Å²) in [5.74, 6) is -0.350. The molecule has 0 unspecified atom stereocenters. The first kappa shape index (κ1) is 10.6. The molecule has 0 aliphatic carbocycles. The Labute approximate surface area is 84.0 Å². The molecule has 0 aliphatic rings. The van der Waals surface area contributed by atoms with E-state index in [9.17, 15) is 4.79 Å². The van der Waals surface area contributed by atoms with Crippen LogP contribution in [0.5, 0.6) is 0 Å². The number of nitrogens with zero attached hydrogens (tertiary/aromatic N) is 1. The summed E-state index contributed by atoms with van der Waals surface area (Å²) in [6.45, 7) is 8.18. The second-order valence-electron chi connectivity index (χ2n) is 3.30. The van der Waals surface area contributed by atoms with Crippen LogP contribution in [0.2, 0.25) is 0 Å². The zero-order valence-electron chi connectivity index (χ0n) is 8.83. The summed E-state index contributed by atoms with van der Waals surface area (Å²) in [5.41, 5.74) is 2.70. The fourth-order valence-corrected chi connectivity index (χ4v) is 1.35. The molecule has 0 N–H and O–H groups in total. The van der Waals surface area contributed by atoms with E-state index in [1.807, 2.05) is 30.5 Å². The standard InChI is InChI=1S/C11H15NO2/c1-8(11(13)14-4)7-12-9(2)5-6-10(12)3/h5-6H,1,7H2,2-4H3. The normalized spacial score (nSPS) is 9.93. The van der Waals surface area contributed by atoms with E-state index in [0.29, 0.717) is 12.1 Å². The predicted molar refractivity (Wildman–Crippen MR) is 55.1 cm³/mol. The molecule has 0 atom stereocenters. The SMILES string of the molecule is C=C(Cn1c(C)ccc1C)C(=O)OC. The maximum absolute atomic E-state index is 11.1. The van der Waals surface area contributed by atoms with Gasteiger partial charge in [0.2, 0.25) is 0 Å². The van der Waals surface area contributed by atoms with Gasteiger partial charge in [-0.05, 0) is 26.0 Å². The van der Waals surface area contributed by atoms with Crippen LogP contribution >= 0.6 is 0 Å². The van der Waals surface area contributed by atoms with Gasteiger partial charge in [0.25, 0.3) is 0 Å². The van der Waals surface area contributed by atoms with Crippen molar-refractivity contribution in [2.45, 2.75) is 20.4 Å². The Balaban J connectivity index is 2.79. The van der Waals surface area contributed by atoms with Crippen molar-refractivity contribution in [2.75, 3.05) is 7.11 Å². The summed E-state index contributed by atoms with van der Waals surface area (Å²) >= 11 is 0. The highest BCUT2D eigenvalue weighted by molar-refractivity contribution is 5.87. The molecule has 0 saturated carbocycles. The molecule has 1 aromatic rings. The summed E-state index contributed by atoms with van der Waals surface area (Å²) in [6, 6.07) is 4.03. The zero-order chi connectivity index (χ0) is 10.7. The highest BCUT2D eigenvalue weighted by atomic mass is 16.5. The summed E-state index contributed by atoms with van der Waals surface area (Å²) in [4.78, 5) is 11.1. The second-order valence-corrected chi connectivity index (χ2v) is 3.30. The average Bonchev–Trinajstić information content (AvgIpc) is 2.48. The number of hydrogen-bond acceptors (Lipinski definition) is 2. The van der Waals surface area contributed by atoms with Gasteiger partial charge in [-0.15, -0.1) is 0 Å². The van der Waals surface area contributed by atoms with Gasteiger partial charge < -0.3 is 9.30 Å². The topological polar surface area (TPSA) is 31.2 Å². The molecular weight excluding hydrogens is 178 g/mol. The summed E-state index contributed by atoms with van der Waals surface area (Å²) < 4.78 is 6.62. The zero-order valence-corrected chi connectivity index (χ0v) is 8.83.